The molecule has 0 unspecified atom stereocenters. The lowest BCUT2D eigenvalue weighted by atomic mass is 10.1. The highest BCUT2D eigenvalue weighted by molar-refractivity contribution is 6.00. The number of aromatic nitrogens is 2. The average Bonchev–Trinajstić information content (AvgIpc) is 2.67. The molecule has 3 aromatic rings. The van der Waals surface area contributed by atoms with E-state index in [1.165, 1.54) is 6.07 Å². The first kappa shape index (κ1) is 17.3. The van der Waals surface area contributed by atoms with Gasteiger partial charge in [-0.05, 0) is 18.2 Å². The van der Waals surface area contributed by atoms with Crippen molar-refractivity contribution in [1.29, 1.82) is 0 Å². The number of H-pyrrole nitrogens is 1. The SMILES string of the molecule is O=C(CCC(=O)c1ccccc1)Nc1cccc(-c2ccc(=O)[nH]n2)c1. The van der Waals surface area contributed by atoms with E-state index in [2.05, 4.69) is 15.5 Å². The minimum Gasteiger partial charge on any atom is -0.326 e. The number of nitrogens with zero attached hydrogens (tertiary/aromatic N) is 1. The summed E-state index contributed by atoms with van der Waals surface area (Å²) in [5.74, 6) is -0.298. The molecule has 130 valence electrons. The number of hydrogen-bond donors (Lipinski definition) is 2. The number of aromatic amines is 1. The Morgan fingerprint density at radius 3 is 2.46 bits per heavy atom. The number of ketones is 1. The van der Waals surface area contributed by atoms with Crippen molar-refractivity contribution < 1.29 is 9.59 Å². The van der Waals surface area contributed by atoms with Crippen LogP contribution in [0.4, 0.5) is 5.69 Å². The van der Waals surface area contributed by atoms with Crippen LogP contribution >= 0.6 is 0 Å². The summed E-state index contributed by atoms with van der Waals surface area (Å²) in [7, 11) is 0. The number of anilines is 1. The van der Waals surface area contributed by atoms with Gasteiger partial charge in [-0.15, -0.1) is 0 Å². The van der Waals surface area contributed by atoms with Gasteiger partial charge >= 0.3 is 0 Å². The van der Waals surface area contributed by atoms with Crippen LogP contribution in [0.2, 0.25) is 0 Å². The Hall–Kier alpha value is -3.54. The van der Waals surface area contributed by atoms with E-state index >= 15 is 0 Å². The molecule has 3 rings (SSSR count). The first-order chi connectivity index (χ1) is 12.6. The Bertz CT molecular complexity index is 960. The summed E-state index contributed by atoms with van der Waals surface area (Å²) in [4.78, 5) is 35.3. The molecule has 1 aromatic heterocycles. The molecule has 0 spiro atoms. The number of rotatable bonds is 6. The van der Waals surface area contributed by atoms with Crippen molar-refractivity contribution in [3.05, 3.63) is 82.6 Å². The fourth-order valence-electron chi connectivity index (χ4n) is 2.48. The van der Waals surface area contributed by atoms with Crippen LogP contribution in [-0.2, 0) is 4.79 Å². The molecule has 26 heavy (non-hydrogen) atoms. The molecule has 1 heterocycles. The van der Waals surface area contributed by atoms with Crippen molar-refractivity contribution in [2.45, 2.75) is 12.8 Å². The summed E-state index contributed by atoms with van der Waals surface area (Å²) >= 11 is 0. The Labute approximate surface area is 149 Å². The van der Waals surface area contributed by atoms with E-state index in [0.717, 1.165) is 5.56 Å². The van der Waals surface area contributed by atoms with E-state index in [-0.39, 0.29) is 30.1 Å². The molecule has 0 aliphatic rings. The molecule has 0 atom stereocenters. The molecule has 0 aliphatic carbocycles. The Morgan fingerprint density at radius 2 is 1.73 bits per heavy atom. The first-order valence-electron chi connectivity index (χ1n) is 8.16. The molecule has 0 bridgehead atoms. The summed E-state index contributed by atoms with van der Waals surface area (Å²) < 4.78 is 0. The molecular weight excluding hydrogens is 330 g/mol. The van der Waals surface area contributed by atoms with Gasteiger partial charge in [0.1, 0.15) is 0 Å². The average molecular weight is 347 g/mol. The fourth-order valence-corrected chi connectivity index (χ4v) is 2.48. The maximum absolute atomic E-state index is 12.1. The number of amides is 1. The summed E-state index contributed by atoms with van der Waals surface area (Å²) in [6, 6.07) is 19.0. The van der Waals surface area contributed by atoms with Gasteiger partial charge in [0.05, 0.1) is 5.69 Å². The molecule has 2 N–H and O–H groups in total. The van der Waals surface area contributed by atoms with Gasteiger partial charge in [-0.3, -0.25) is 14.4 Å². The number of carbonyl (C=O) groups is 2. The molecule has 6 heteroatoms. The monoisotopic (exact) mass is 347 g/mol. The van der Waals surface area contributed by atoms with Gasteiger partial charge in [0, 0.05) is 35.7 Å². The minimum atomic E-state index is -0.277. The van der Waals surface area contributed by atoms with Gasteiger partial charge in [0.15, 0.2) is 5.78 Å². The van der Waals surface area contributed by atoms with Gasteiger partial charge in [0.25, 0.3) is 5.56 Å². The summed E-state index contributed by atoms with van der Waals surface area (Å²) in [5, 5.41) is 9.12. The highest BCUT2D eigenvalue weighted by Gasteiger charge is 2.10. The number of Topliss-reactive ketones (excluding diaryl/α,β-unsaturated/α-hetero) is 1. The molecule has 0 saturated heterocycles. The number of carbonyl (C=O) groups excluding carboxylic acids is 2. The fraction of sp³-hybridized carbons (Fsp3) is 0.100. The standard InChI is InChI=1S/C20H17N3O3/c24-18(14-5-2-1-3-6-14)10-12-19(25)21-16-8-4-7-15(13-16)17-9-11-20(26)23-22-17/h1-9,11,13H,10,12H2,(H,21,25)(H,23,26). The van der Waals surface area contributed by atoms with E-state index < -0.39 is 0 Å². The van der Waals surface area contributed by atoms with Crippen molar-refractivity contribution in [2.24, 2.45) is 0 Å². The van der Waals surface area contributed by atoms with Gasteiger partial charge < -0.3 is 5.32 Å². The minimum absolute atomic E-state index is 0.0630. The summed E-state index contributed by atoms with van der Waals surface area (Å²) in [6.07, 6.45) is 0.256. The largest absolute Gasteiger partial charge is 0.326 e. The lowest BCUT2D eigenvalue weighted by Crippen LogP contribution is -2.13. The van der Waals surface area contributed by atoms with Gasteiger partial charge in [-0.2, -0.15) is 5.10 Å². The molecule has 2 aromatic carbocycles. The lowest BCUT2D eigenvalue weighted by Gasteiger charge is -2.07. The summed E-state index contributed by atoms with van der Waals surface area (Å²) in [6.45, 7) is 0. The quantitative estimate of drug-likeness (QED) is 0.671. The number of benzene rings is 2. The second kappa shape index (κ2) is 8.02. The smallest absolute Gasteiger partial charge is 0.264 e. The normalized spacial score (nSPS) is 10.3. The second-order valence-electron chi connectivity index (χ2n) is 5.72. The van der Waals surface area contributed by atoms with Crippen LogP contribution in [-0.4, -0.2) is 21.9 Å². The zero-order chi connectivity index (χ0) is 18.4. The predicted octanol–water partition coefficient (Wildman–Crippen LogP) is 3.04. The third kappa shape index (κ3) is 4.51. The predicted molar refractivity (Wildman–Crippen MR) is 98.9 cm³/mol. The van der Waals surface area contributed by atoms with Gasteiger partial charge in [-0.1, -0.05) is 42.5 Å². The second-order valence-corrected chi connectivity index (χ2v) is 5.72. The van der Waals surface area contributed by atoms with E-state index in [1.807, 2.05) is 12.1 Å². The molecule has 0 radical (unpaired) electrons. The topological polar surface area (TPSA) is 91.9 Å². The van der Waals surface area contributed by atoms with Gasteiger partial charge in [-0.25, -0.2) is 5.10 Å². The third-order valence-corrected chi connectivity index (χ3v) is 3.80. The van der Waals surface area contributed by atoms with E-state index in [1.54, 1.807) is 48.5 Å². The Kier molecular flexibility index (Phi) is 5.34. The van der Waals surface area contributed by atoms with Crippen LogP contribution < -0.4 is 10.9 Å². The maximum atomic E-state index is 12.1. The van der Waals surface area contributed by atoms with Crippen LogP contribution in [0.1, 0.15) is 23.2 Å². The van der Waals surface area contributed by atoms with E-state index in [0.29, 0.717) is 16.9 Å². The van der Waals surface area contributed by atoms with Crippen LogP contribution in [0, 0.1) is 0 Å². The maximum Gasteiger partial charge on any atom is 0.264 e. The van der Waals surface area contributed by atoms with Crippen molar-refractivity contribution >= 4 is 17.4 Å². The molecular formula is C20H17N3O3. The first-order valence-corrected chi connectivity index (χ1v) is 8.16. The molecule has 1 amide bonds. The molecule has 0 saturated carbocycles. The van der Waals surface area contributed by atoms with Crippen LogP contribution in [0.25, 0.3) is 11.3 Å². The molecule has 0 fully saturated rings. The highest BCUT2D eigenvalue weighted by atomic mass is 16.2. The third-order valence-electron chi connectivity index (χ3n) is 3.80. The van der Waals surface area contributed by atoms with Gasteiger partial charge in [0.2, 0.25) is 5.91 Å². The lowest BCUT2D eigenvalue weighted by molar-refractivity contribution is -0.116. The van der Waals surface area contributed by atoms with E-state index in [9.17, 15) is 14.4 Å². The number of hydrogen-bond acceptors (Lipinski definition) is 4. The zero-order valence-corrected chi connectivity index (χ0v) is 13.9. The van der Waals surface area contributed by atoms with Crippen LogP contribution in [0.5, 0.6) is 0 Å². The highest BCUT2D eigenvalue weighted by Crippen LogP contribution is 2.20. The summed E-state index contributed by atoms with van der Waals surface area (Å²) in [5.41, 5.74) is 2.29. The van der Waals surface area contributed by atoms with E-state index in [4.69, 9.17) is 0 Å². The van der Waals surface area contributed by atoms with Crippen molar-refractivity contribution in [3.8, 4) is 11.3 Å². The molecule has 0 aliphatic heterocycles. The zero-order valence-electron chi connectivity index (χ0n) is 13.9. The molecule has 6 nitrogen and oxygen atoms in total. The van der Waals surface area contributed by atoms with Crippen LogP contribution in [0.3, 0.4) is 0 Å². The number of nitrogens with one attached hydrogen (secondary N) is 2. The van der Waals surface area contributed by atoms with Crippen molar-refractivity contribution in [3.63, 3.8) is 0 Å². The Morgan fingerprint density at radius 1 is 0.923 bits per heavy atom. The Balaban J connectivity index is 1.61. The van der Waals surface area contributed by atoms with Crippen molar-refractivity contribution in [2.75, 3.05) is 5.32 Å². The van der Waals surface area contributed by atoms with Crippen molar-refractivity contribution in [1.82, 2.24) is 10.2 Å². The van der Waals surface area contributed by atoms with Crippen LogP contribution in [0.15, 0.2) is 71.5 Å².